The fraction of sp³-hybridized carbons (Fsp3) is 0.167. The number of benzene rings is 1. The number of fused-ring (bicyclic) bond motifs is 1. The Labute approximate surface area is 99.9 Å². The zero-order valence-corrected chi connectivity index (χ0v) is 9.25. The monoisotopic (exact) mass is 255 g/mol. The minimum Gasteiger partial charge on any atom is -0.478 e. The molecule has 1 heterocycles. The summed E-state index contributed by atoms with van der Waals surface area (Å²) in [7, 11) is 0. The van der Waals surface area contributed by atoms with Crippen LogP contribution in [0.4, 0.5) is 13.2 Å². The molecule has 0 aliphatic rings. The highest BCUT2D eigenvalue weighted by Crippen LogP contribution is 2.31. The summed E-state index contributed by atoms with van der Waals surface area (Å²) < 4.78 is 37.5. The number of pyridine rings is 1. The fourth-order valence-electron chi connectivity index (χ4n) is 1.66. The first kappa shape index (κ1) is 12.3. The lowest BCUT2D eigenvalue weighted by Gasteiger charge is -2.08. The number of hydrogen-bond acceptors (Lipinski definition) is 2. The molecule has 18 heavy (non-hydrogen) atoms. The molecule has 0 amide bonds. The second-order valence-electron chi connectivity index (χ2n) is 3.83. The fourth-order valence-corrected chi connectivity index (χ4v) is 1.66. The molecule has 94 valence electrons. The summed E-state index contributed by atoms with van der Waals surface area (Å²) >= 11 is 0. The maximum absolute atomic E-state index is 12.5. The average Bonchev–Trinajstić information content (AvgIpc) is 2.25. The topological polar surface area (TPSA) is 50.2 Å². The summed E-state index contributed by atoms with van der Waals surface area (Å²) in [5.74, 6) is -1.15. The molecule has 1 aromatic heterocycles. The van der Waals surface area contributed by atoms with Crippen LogP contribution in [0.5, 0.6) is 0 Å². The van der Waals surface area contributed by atoms with Crippen LogP contribution in [-0.4, -0.2) is 16.1 Å². The molecule has 0 radical (unpaired) electrons. The van der Waals surface area contributed by atoms with Crippen LogP contribution in [0.2, 0.25) is 0 Å². The number of halogens is 3. The van der Waals surface area contributed by atoms with Crippen LogP contribution in [0.25, 0.3) is 10.9 Å². The van der Waals surface area contributed by atoms with Crippen molar-refractivity contribution in [2.24, 2.45) is 0 Å². The maximum atomic E-state index is 12.5. The van der Waals surface area contributed by atoms with Crippen molar-refractivity contribution in [1.82, 2.24) is 4.98 Å². The van der Waals surface area contributed by atoms with Gasteiger partial charge < -0.3 is 5.11 Å². The van der Waals surface area contributed by atoms with Gasteiger partial charge in [0.2, 0.25) is 0 Å². The van der Waals surface area contributed by atoms with Gasteiger partial charge in [0.1, 0.15) is 0 Å². The van der Waals surface area contributed by atoms with E-state index in [9.17, 15) is 18.0 Å². The van der Waals surface area contributed by atoms with Crippen molar-refractivity contribution in [3.8, 4) is 0 Å². The van der Waals surface area contributed by atoms with Crippen LogP contribution in [0.1, 0.15) is 21.6 Å². The van der Waals surface area contributed by atoms with Crippen LogP contribution in [0, 0.1) is 6.92 Å². The standard InChI is InChI=1S/C12H8F3NO2/c1-6-9(11(17)18)4-7-2-3-8(12(13,14)15)5-10(7)16-6/h2-5H,1H3,(H,17,18). The Balaban J connectivity index is 2.67. The van der Waals surface area contributed by atoms with Gasteiger partial charge in [-0.3, -0.25) is 4.98 Å². The summed E-state index contributed by atoms with van der Waals surface area (Å²) in [5.41, 5.74) is -0.492. The Kier molecular flexibility index (Phi) is 2.73. The number of hydrogen-bond donors (Lipinski definition) is 1. The van der Waals surface area contributed by atoms with Gasteiger partial charge in [-0.25, -0.2) is 4.79 Å². The van der Waals surface area contributed by atoms with Gasteiger partial charge in [0, 0.05) is 5.39 Å². The molecule has 0 saturated heterocycles. The average molecular weight is 255 g/mol. The van der Waals surface area contributed by atoms with Crippen molar-refractivity contribution >= 4 is 16.9 Å². The van der Waals surface area contributed by atoms with Gasteiger partial charge in [-0.15, -0.1) is 0 Å². The predicted octanol–water partition coefficient (Wildman–Crippen LogP) is 3.26. The Morgan fingerprint density at radius 2 is 1.94 bits per heavy atom. The highest BCUT2D eigenvalue weighted by molar-refractivity contribution is 5.94. The van der Waals surface area contributed by atoms with E-state index >= 15 is 0 Å². The first-order valence-corrected chi connectivity index (χ1v) is 5.01. The summed E-state index contributed by atoms with van der Waals surface area (Å²) in [6, 6.07) is 4.36. The quantitative estimate of drug-likeness (QED) is 0.850. The third-order valence-electron chi connectivity index (χ3n) is 2.57. The molecule has 0 unspecified atom stereocenters. The lowest BCUT2D eigenvalue weighted by atomic mass is 10.1. The molecule has 0 spiro atoms. The number of carbonyl (C=O) groups is 1. The summed E-state index contributed by atoms with van der Waals surface area (Å²) in [6.07, 6.45) is -4.44. The lowest BCUT2D eigenvalue weighted by Crippen LogP contribution is -2.06. The van der Waals surface area contributed by atoms with E-state index < -0.39 is 17.7 Å². The van der Waals surface area contributed by atoms with E-state index in [4.69, 9.17) is 5.11 Å². The van der Waals surface area contributed by atoms with E-state index in [2.05, 4.69) is 4.98 Å². The molecule has 1 N–H and O–H groups in total. The molecule has 3 nitrogen and oxygen atoms in total. The van der Waals surface area contributed by atoms with Crippen molar-refractivity contribution < 1.29 is 23.1 Å². The van der Waals surface area contributed by atoms with Crippen molar-refractivity contribution in [3.63, 3.8) is 0 Å². The molecular weight excluding hydrogens is 247 g/mol. The second kappa shape index (κ2) is 3.97. The molecule has 0 fully saturated rings. The van der Waals surface area contributed by atoms with Crippen LogP contribution in [0.15, 0.2) is 24.3 Å². The van der Waals surface area contributed by atoms with Gasteiger partial charge in [-0.05, 0) is 25.1 Å². The zero-order chi connectivity index (χ0) is 13.5. The Hall–Kier alpha value is -2.11. The number of alkyl halides is 3. The van der Waals surface area contributed by atoms with Gasteiger partial charge >= 0.3 is 12.1 Å². The number of aromatic nitrogens is 1. The Morgan fingerprint density at radius 3 is 2.50 bits per heavy atom. The lowest BCUT2D eigenvalue weighted by molar-refractivity contribution is -0.137. The molecule has 0 saturated carbocycles. The van der Waals surface area contributed by atoms with Gasteiger partial charge in [0.05, 0.1) is 22.3 Å². The molecule has 2 rings (SSSR count). The van der Waals surface area contributed by atoms with E-state index in [1.54, 1.807) is 0 Å². The summed E-state index contributed by atoms with van der Waals surface area (Å²) in [6.45, 7) is 1.45. The molecule has 6 heteroatoms. The minimum absolute atomic E-state index is 0.0118. The summed E-state index contributed by atoms with van der Waals surface area (Å²) in [4.78, 5) is 14.8. The molecule has 0 atom stereocenters. The van der Waals surface area contributed by atoms with E-state index in [-0.39, 0.29) is 16.8 Å². The Morgan fingerprint density at radius 1 is 1.28 bits per heavy atom. The molecule has 2 aromatic rings. The van der Waals surface area contributed by atoms with Crippen LogP contribution in [-0.2, 0) is 6.18 Å². The van der Waals surface area contributed by atoms with Crippen LogP contribution in [0.3, 0.4) is 0 Å². The highest BCUT2D eigenvalue weighted by atomic mass is 19.4. The number of carboxylic acid groups (broad SMARTS) is 1. The number of nitrogens with zero attached hydrogens (tertiary/aromatic N) is 1. The molecule has 1 aromatic carbocycles. The second-order valence-corrected chi connectivity index (χ2v) is 3.83. The van der Waals surface area contributed by atoms with E-state index in [0.29, 0.717) is 5.39 Å². The van der Waals surface area contributed by atoms with Gasteiger partial charge in [0.15, 0.2) is 0 Å². The van der Waals surface area contributed by atoms with Crippen molar-refractivity contribution in [3.05, 3.63) is 41.1 Å². The summed E-state index contributed by atoms with van der Waals surface area (Å²) in [5, 5.41) is 9.26. The largest absolute Gasteiger partial charge is 0.478 e. The normalized spacial score (nSPS) is 11.8. The first-order chi connectivity index (χ1) is 8.29. The minimum atomic E-state index is -4.44. The van der Waals surface area contributed by atoms with E-state index in [1.165, 1.54) is 19.1 Å². The molecule has 0 aliphatic heterocycles. The number of aromatic carboxylic acids is 1. The SMILES string of the molecule is Cc1nc2cc(C(F)(F)F)ccc2cc1C(=O)O. The highest BCUT2D eigenvalue weighted by Gasteiger charge is 2.30. The third-order valence-corrected chi connectivity index (χ3v) is 2.57. The maximum Gasteiger partial charge on any atom is 0.416 e. The number of rotatable bonds is 1. The van der Waals surface area contributed by atoms with Gasteiger partial charge in [-0.2, -0.15) is 13.2 Å². The smallest absolute Gasteiger partial charge is 0.416 e. The molecule has 0 aliphatic carbocycles. The third kappa shape index (κ3) is 2.13. The number of carboxylic acids is 1. The van der Waals surface area contributed by atoms with E-state index in [1.807, 2.05) is 0 Å². The van der Waals surface area contributed by atoms with Gasteiger partial charge in [0.25, 0.3) is 0 Å². The first-order valence-electron chi connectivity index (χ1n) is 5.01. The van der Waals surface area contributed by atoms with Crippen molar-refractivity contribution in [2.45, 2.75) is 13.1 Å². The van der Waals surface area contributed by atoms with Crippen LogP contribution < -0.4 is 0 Å². The van der Waals surface area contributed by atoms with Gasteiger partial charge in [-0.1, -0.05) is 6.07 Å². The number of aryl methyl sites for hydroxylation is 1. The van der Waals surface area contributed by atoms with Crippen molar-refractivity contribution in [2.75, 3.05) is 0 Å². The predicted molar refractivity (Wildman–Crippen MR) is 58.4 cm³/mol. The van der Waals surface area contributed by atoms with Crippen LogP contribution >= 0.6 is 0 Å². The molecular formula is C12H8F3NO2. The Bertz CT molecular complexity index is 635. The van der Waals surface area contributed by atoms with E-state index in [0.717, 1.165) is 12.1 Å². The zero-order valence-electron chi connectivity index (χ0n) is 9.25. The van der Waals surface area contributed by atoms with Crippen molar-refractivity contribution in [1.29, 1.82) is 0 Å². The molecule has 0 bridgehead atoms.